The number of hydrogen-bond acceptors (Lipinski definition) is 6. The second-order valence-electron chi connectivity index (χ2n) is 5.99. The summed E-state index contributed by atoms with van der Waals surface area (Å²) in [7, 11) is 0. The topological polar surface area (TPSA) is 92.5 Å². The standard InChI is InChI=1S/C18H18ClN5O3/c19-17-22-15-13(16(23-17)21-11-12-3-2-9-26-12)4-1-5-14(15)27-10-8-24-7-6-20-18(24)25/h1-5,9H,6-8,10-11H2,(H,20,25)(H,21,22,23). The van der Waals surface area contributed by atoms with Gasteiger partial charge in [-0.15, -0.1) is 0 Å². The van der Waals surface area contributed by atoms with E-state index in [4.69, 9.17) is 20.8 Å². The number of rotatable bonds is 7. The second-order valence-corrected chi connectivity index (χ2v) is 6.33. The molecule has 0 spiro atoms. The zero-order chi connectivity index (χ0) is 18.6. The van der Waals surface area contributed by atoms with Gasteiger partial charge in [0.2, 0.25) is 5.28 Å². The summed E-state index contributed by atoms with van der Waals surface area (Å²) in [6.45, 7) is 2.70. The first-order chi connectivity index (χ1) is 13.2. The van der Waals surface area contributed by atoms with Crippen molar-refractivity contribution in [2.24, 2.45) is 0 Å². The molecule has 8 nitrogen and oxygen atoms in total. The number of nitrogens with zero attached hydrogens (tertiary/aromatic N) is 3. The third-order valence-electron chi connectivity index (χ3n) is 4.24. The molecular formula is C18H18ClN5O3. The largest absolute Gasteiger partial charge is 0.489 e. The fourth-order valence-corrected chi connectivity index (χ4v) is 3.09. The maximum absolute atomic E-state index is 11.6. The molecule has 27 heavy (non-hydrogen) atoms. The number of hydrogen-bond donors (Lipinski definition) is 2. The Morgan fingerprint density at radius 1 is 1.30 bits per heavy atom. The molecule has 0 unspecified atom stereocenters. The van der Waals surface area contributed by atoms with Crippen LogP contribution in [0.3, 0.4) is 0 Å². The lowest BCUT2D eigenvalue weighted by molar-refractivity contribution is 0.203. The molecule has 3 heterocycles. The molecule has 0 bridgehead atoms. The monoisotopic (exact) mass is 387 g/mol. The molecule has 1 aromatic carbocycles. The third kappa shape index (κ3) is 3.90. The highest BCUT2D eigenvalue weighted by Crippen LogP contribution is 2.29. The Morgan fingerprint density at radius 2 is 2.22 bits per heavy atom. The van der Waals surface area contributed by atoms with Gasteiger partial charge in [0, 0.05) is 18.5 Å². The minimum atomic E-state index is -0.0636. The van der Waals surface area contributed by atoms with Crippen molar-refractivity contribution in [2.75, 3.05) is 31.6 Å². The van der Waals surface area contributed by atoms with E-state index in [9.17, 15) is 4.79 Å². The Morgan fingerprint density at radius 3 is 3.00 bits per heavy atom. The summed E-state index contributed by atoms with van der Waals surface area (Å²) >= 11 is 6.11. The van der Waals surface area contributed by atoms with Gasteiger partial charge < -0.3 is 24.7 Å². The van der Waals surface area contributed by atoms with E-state index in [-0.39, 0.29) is 11.3 Å². The number of furan rings is 1. The van der Waals surface area contributed by atoms with E-state index in [0.29, 0.717) is 49.9 Å². The predicted molar refractivity (Wildman–Crippen MR) is 101 cm³/mol. The van der Waals surface area contributed by atoms with Crippen molar-refractivity contribution in [3.05, 3.63) is 47.6 Å². The maximum Gasteiger partial charge on any atom is 0.317 e. The number of para-hydroxylation sites is 1. The fourth-order valence-electron chi connectivity index (χ4n) is 2.92. The summed E-state index contributed by atoms with van der Waals surface area (Å²) in [4.78, 5) is 21.9. The normalized spacial score (nSPS) is 13.8. The summed E-state index contributed by atoms with van der Waals surface area (Å²) in [5.74, 6) is 1.98. The van der Waals surface area contributed by atoms with Crippen LogP contribution in [0.15, 0.2) is 41.0 Å². The van der Waals surface area contributed by atoms with Gasteiger partial charge in [-0.05, 0) is 35.9 Å². The van der Waals surface area contributed by atoms with Crippen LogP contribution in [0.4, 0.5) is 10.6 Å². The molecule has 2 N–H and O–H groups in total. The number of amides is 2. The summed E-state index contributed by atoms with van der Waals surface area (Å²) < 4.78 is 11.2. The van der Waals surface area contributed by atoms with Gasteiger partial charge in [0.05, 0.1) is 19.4 Å². The Balaban J connectivity index is 1.52. The van der Waals surface area contributed by atoms with Crippen LogP contribution in [0.5, 0.6) is 5.75 Å². The summed E-state index contributed by atoms with van der Waals surface area (Å²) in [5.41, 5.74) is 0.616. The van der Waals surface area contributed by atoms with Crippen LogP contribution in [-0.2, 0) is 6.54 Å². The van der Waals surface area contributed by atoms with Crippen LogP contribution in [0.1, 0.15) is 5.76 Å². The molecule has 2 amide bonds. The SMILES string of the molecule is O=C1NCCN1CCOc1cccc2c(NCc3ccco3)nc(Cl)nc12. The number of benzene rings is 1. The number of carbonyl (C=O) groups is 1. The second kappa shape index (κ2) is 7.71. The number of urea groups is 1. The highest BCUT2D eigenvalue weighted by molar-refractivity contribution is 6.29. The molecule has 140 valence electrons. The molecular weight excluding hydrogens is 370 g/mol. The van der Waals surface area contributed by atoms with Crippen molar-refractivity contribution in [1.29, 1.82) is 0 Å². The van der Waals surface area contributed by atoms with Gasteiger partial charge in [-0.1, -0.05) is 6.07 Å². The van der Waals surface area contributed by atoms with Gasteiger partial charge in [-0.2, -0.15) is 0 Å². The highest BCUT2D eigenvalue weighted by Gasteiger charge is 2.19. The number of fused-ring (bicyclic) bond motifs is 1. The van der Waals surface area contributed by atoms with Crippen LogP contribution in [0, 0.1) is 0 Å². The molecule has 0 saturated carbocycles. The van der Waals surface area contributed by atoms with Crippen molar-refractivity contribution in [1.82, 2.24) is 20.2 Å². The van der Waals surface area contributed by atoms with Crippen LogP contribution < -0.4 is 15.4 Å². The number of halogens is 1. The van der Waals surface area contributed by atoms with E-state index in [2.05, 4.69) is 20.6 Å². The molecule has 1 fully saturated rings. The molecule has 0 atom stereocenters. The predicted octanol–water partition coefficient (Wildman–Crippen LogP) is 2.89. The molecule has 0 radical (unpaired) electrons. The lowest BCUT2D eigenvalue weighted by Gasteiger charge is -2.15. The Labute approximate surface area is 160 Å². The number of aromatic nitrogens is 2. The molecule has 4 rings (SSSR count). The van der Waals surface area contributed by atoms with Gasteiger partial charge in [-0.3, -0.25) is 0 Å². The number of nitrogens with one attached hydrogen (secondary N) is 2. The highest BCUT2D eigenvalue weighted by atomic mass is 35.5. The Bertz CT molecular complexity index is 948. The zero-order valence-electron chi connectivity index (χ0n) is 14.4. The quantitative estimate of drug-likeness (QED) is 0.605. The first kappa shape index (κ1) is 17.4. The lowest BCUT2D eigenvalue weighted by Crippen LogP contribution is -2.31. The van der Waals surface area contributed by atoms with E-state index < -0.39 is 0 Å². The number of ether oxygens (including phenoxy) is 1. The van der Waals surface area contributed by atoms with Gasteiger partial charge in [-0.25, -0.2) is 14.8 Å². The van der Waals surface area contributed by atoms with Crippen molar-refractivity contribution in [3.63, 3.8) is 0 Å². The average Bonchev–Trinajstić information content (AvgIpc) is 3.32. The molecule has 2 aromatic heterocycles. The summed E-state index contributed by atoms with van der Waals surface area (Å²) in [6, 6.07) is 9.24. The Hall–Kier alpha value is -3.00. The van der Waals surface area contributed by atoms with Crippen LogP contribution >= 0.6 is 11.6 Å². The van der Waals surface area contributed by atoms with E-state index in [0.717, 1.165) is 11.1 Å². The molecule has 0 aliphatic carbocycles. The first-order valence-corrected chi connectivity index (χ1v) is 8.96. The molecule has 1 aliphatic heterocycles. The smallest absolute Gasteiger partial charge is 0.317 e. The summed E-state index contributed by atoms with van der Waals surface area (Å²) in [5, 5.41) is 6.90. The maximum atomic E-state index is 11.6. The molecule has 3 aromatic rings. The number of carbonyl (C=O) groups excluding carboxylic acids is 1. The Kier molecular flexibility index (Phi) is 4.97. The van der Waals surface area contributed by atoms with E-state index in [1.165, 1.54) is 0 Å². The first-order valence-electron chi connectivity index (χ1n) is 8.59. The zero-order valence-corrected chi connectivity index (χ0v) is 15.2. The van der Waals surface area contributed by atoms with E-state index in [1.807, 2.05) is 30.3 Å². The molecule has 9 heteroatoms. The van der Waals surface area contributed by atoms with Crippen molar-refractivity contribution < 1.29 is 13.9 Å². The number of anilines is 1. The van der Waals surface area contributed by atoms with Gasteiger partial charge in [0.25, 0.3) is 0 Å². The minimum Gasteiger partial charge on any atom is -0.489 e. The van der Waals surface area contributed by atoms with Crippen molar-refractivity contribution >= 4 is 34.4 Å². The van der Waals surface area contributed by atoms with Crippen LogP contribution in [0.25, 0.3) is 10.9 Å². The van der Waals surface area contributed by atoms with E-state index in [1.54, 1.807) is 11.2 Å². The van der Waals surface area contributed by atoms with Gasteiger partial charge in [0.15, 0.2) is 0 Å². The van der Waals surface area contributed by atoms with Crippen molar-refractivity contribution in [3.8, 4) is 5.75 Å². The average molecular weight is 388 g/mol. The van der Waals surface area contributed by atoms with E-state index >= 15 is 0 Å². The summed E-state index contributed by atoms with van der Waals surface area (Å²) in [6.07, 6.45) is 1.62. The third-order valence-corrected chi connectivity index (χ3v) is 4.41. The fraction of sp³-hybridized carbons (Fsp3) is 0.278. The van der Waals surface area contributed by atoms with Gasteiger partial charge in [0.1, 0.15) is 29.5 Å². The lowest BCUT2D eigenvalue weighted by atomic mass is 10.2. The van der Waals surface area contributed by atoms with Crippen LogP contribution in [0.2, 0.25) is 5.28 Å². The van der Waals surface area contributed by atoms with Gasteiger partial charge >= 0.3 is 6.03 Å². The van der Waals surface area contributed by atoms with Crippen LogP contribution in [-0.4, -0.2) is 47.1 Å². The molecule has 1 saturated heterocycles. The molecule has 1 aliphatic rings. The van der Waals surface area contributed by atoms with Crippen molar-refractivity contribution in [2.45, 2.75) is 6.54 Å². The minimum absolute atomic E-state index is 0.0636.